The van der Waals surface area contributed by atoms with E-state index in [1.54, 1.807) is 14.2 Å². The molecule has 0 atom stereocenters. The zero-order valence-electron chi connectivity index (χ0n) is 10.8. The maximum absolute atomic E-state index is 5.81. The lowest BCUT2D eigenvalue weighted by Gasteiger charge is -2.15. The second-order valence-electron chi connectivity index (χ2n) is 3.86. The van der Waals surface area contributed by atoms with Crippen molar-refractivity contribution in [1.29, 1.82) is 0 Å². The van der Waals surface area contributed by atoms with Crippen molar-refractivity contribution in [2.45, 2.75) is 0 Å². The molecule has 94 valence electrons. The smallest absolute Gasteiger partial charge is 0.203 e. The van der Waals surface area contributed by atoms with Crippen LogP contribution in [0.1, 0.15) is 0 Å². The Kier molecular flexibility index (Phi) is 3.89. The Morgan fingerprint density at radius 3 is 2.11 bits per heavy atom. The minimum absolute atomic E-state index is 0.647. The zero-order valence-corrected chi connectivity index (χ0v) is 12.8. The molecule has 0 radical (unpaired) electrons. The van der Waals surface area contributed by atoms with Gasteiger partial charge in [-0.1, -0.05) is 24.3 Å². The fourth-order valence-corrected chi connectivity index (χ4v) is 2.38. The van der Waals surface area contributed by atoms with Crippen LogP contribution in [-0.2, 0) is 0 Å². The first kappa shape index (κ1) is 12.5. The zero-order chi connectivity index (χ0) is 13.0. The van der Waals surface area contributed by atoms with Gasteiger partial charge < -0.3 is 14.2 Å². The van der Waals surface area contributed by atoms with Gasteiger partial charge >= 0.3 is 0 Å². The molecule has 0 amide bonds. The van der Waals surface area contributed by atoms with Crippen LogP contribution in [0.5, 0.6) is 23.0 Å². The van der Waals surface area contributed by atoms with Gasteiger partial charge in [0, 0.05) is 10.2 Å². The molecule has 0 aliphatic rings. The summed E-state index contributed by atoms with van der Waals surface area (Å²) in [6.45, 7) is 0. The Morgan fingerprint density at radius 2 is 1.50 bits per heavy atom. The van der Waals surface area contributed by atoms with Crippen LogP contribution in [0.2, 0.25) is 0 Å². The van der Waals surface area contributed by atoms with E-state index < -0.39 is 0 Å². The van der Waals surface area contributed by atoms with Crippen molar-refractivity contribution in [3.63, 3.8) is 0 Å². The molecule has 0 saturated heterocycles. The van der Waals surface area contributed by atoms with Crippen molar-refractivity contribution >= 4 is 15.4 Å². The van der Waals surface area contributed by atoms with Crippen molar-refractivity contribution < 1.29 is 14.2 Å². The van der Waals surface area contributed by atoms with E-state index in [9.17, 15) is 0 Å². The van der Waals surface area contributed by atoms with E-state index >= 15 is 0 Å². The van der Waals surface area contributed by atoms with Crippen molar-refractivity contribution in [3.05, 3.63) is 42.5 Å². The van der Waals surface area contributed by atoms with Gasteiger partial charge in [-0.2, -0.15) is 0 Å². The molecule has 0 N–H and O–H groups in total. The first-order valence-electron chi connectivity index (χ1n) is 5.70. The number of methoxy groups -OCH3 is 2. The third-order valence-corrected chi connectivity index (χ3v) is 3.44. The number of ether oxygens (including phenoxy) is 3. The van der Waals surface area contributed by atoms with Crippen LogP contribution < -0.4 is 19.4 Å². The predicted molar refractivity (Wildman–Crippen MR) is 75.6 cm³/mol. The summed E-state index contributed by atoms with van der Waals surface area (Å²) in [6.07, 6.45) is 0. The van der Waals surface area contributed by atoms with Gasteiger partial charge in [0.1, 0.15) is 5.75 Å². The highest BCUT2D eigenvalue weighted by Gasteiger charge is 2.14. The summed E-state index contributed by atoms with van der Waals surface area (Å²) in [5, 5.41) is 1.15. The van der Waals surface area contributed by atoms with Crippen molar-refractivity contribution in [2.75, 3.05) is 14.2 Å². The molecule has 0 aromatic heterocycles. The Balaban J connectivity index is 2.39. The van der Waals surface area contributed by atoms with Crippen molar-refractivity contribution in [1.82, 2.24) is 0 Å². The molecule has 2 rings (SSSR count). The van der Waals surface area contributed by atoms with Gasteiger partial charge in [-0.05, 0) is 23.4 Å². The lowest BCUT2D eigenvalue weighted by molar-refractivity contribution is 0.338. The number of hydrogen-bond acceptors (Lipinski definition) is 3. The average Bonchev–Trinajstić information content (AvgIpc) is 2.41. The van der Waals surface area contributed by atoms with Crippen LogP contribution in [0, 0.1) is 0 Å². The third-order valence-electron chi connectivity index (χ3n) is 2.65. The molecule has 0 bridgehead atoms. The predicted octanol–water partition coefficient (Wildman–Crippen LogP) is 1.49. The molecule has 2 aromatic rings. The number of para-hydroxylation sites is 1. The molecule has 0 saturated carbocycles. The molecule has 0 aliphatic heterocycles. The molecule has 4 heteroatoms. The highest BCUT2D eigenvalue weighted by molar-refractivity contribution is 6.34. The average molecular weight is 260 g/mol. The van der Waals surface area contributed by atoms with Crippen LogP contribution in [-0.4, -0.2) is 24.5 Å². The number of rotatable bonds is 4. The van der Waals surface area contributed by atoms with E-state index in [1.165, 1.54) is 0 Å². The van der Waals surface area contributed by atoms with Crippen LogP contribution >= 0.6 is 0 Å². The van der Waals surface area contributed by atoms with Crippen LogP contribution in [0.25, 0.3) is 0 Å². The van der Waals surface area contributed by atoms with Gasteiger partial charge in [0.05, 0.1) is 14.2 Å². The maximum atomic E-state index is 5.81. The Bertz CT molecular complexity index is 526. The summed E-state index contributed by atoms with van der Waals surface area (Å²) in [7, 11) is 4.16. The quantitative estimate of drug-likeness (QED) is 0.780. The summed E-state index contributed by atoms with van der Waals surface area (Å²) in [6, 6.07) is 13.5. The second-order valence-corrected chi connectivity index (χ2v) is 4.94. The molecule has 0 fully saturated rings. The SMILES string of the molecule is COc1c([SiH3])ccc(Oc2ccccc2)c1OC. The highest BCUT2D eigenvalue weighted by atomic mass is 28.1. The summed E-state index contributed by atoms with van der Waals surface area (Å²) >= 11 is 0. The molecule has 0 unspecified atom stereocenters. The summed E-state index contributed by atoms with van der Waals surface area (Å²) < 4.78 is 16.6. The molecule has 0 heterocycles. The van der Waals surface area contributed by atoms with Gasteiger partial charge in [-0.3, -0.25) is 0 Å². The molecular formula is C14H16O3Si. The standard InChI is InChI=1S/C14H16O3Si/c1-15-13-11(8-9-12(18)14(13)16-2)17-10-6-4-3-5-7-10/h3-9H,1-2,18H3. The summed E-state index contributed by atoms with van der Waals surface area (Å²) in [5.41, 5.74) is 0. The first-order chi connectivity index (χ1) is 8.76. The molecule has 3 nitrogen and oxygen atoms in total. The fraction of sp³-hybridized carbons (Fsp3) is 0.143. The van der Waals surface area contributed by atoms with Gasteiger partial charge in [0.25, 0.3) is 0 Å². The highest BCUT2D eigenvalue weighted by Crippen LogP contribution is 2.37. The molecular weight excluding hydrogens is 244 g/mol. The van der Waals surface area contributed by atoms with Gasteiger partial charge in [-0.15, -0.1) is 0 Å². The first-order valence-corrected chi connectivity index (χ1v) is 6.70. The van der Waals surface area contributed by atoms with Crippen LogP contribution in [0.3, 0.4) is 0 Å². The topological polar surface area (TPSA) is 27.7 Å². The minimum atomic E-state index is 0.647. The van der Waals surface area contributed by atoms with E-state index in [1.807, 2.05) is 42.5 Å². The third kappa shape index (κ3) is 2.48. The lowest BCUT2D eigenvalue weighted by Crippen LogP contribution is -2.09. The van der Waals surface area contributed by atoms with E-state index in [0.717, 1.165) is 26.9 Å². The Labute approximate surface area is 110 Å². The Hall–Kier alpha value is -1.94. The molecule has 18 heavy (non-hydrogen) atoms. The normalized spacial score (nSPS) is 10.1. The monoisotopic (exact) mass is 260 g/mol. The van der Waals surface area contributed by atoms with Crippen molar-refractivity contribution in [2.24, 2.45) is 0 Å². The van der Waals surface area contributed by atoms with E-state index in [4.69, 9.17) is 14.2 Å². The second kappa shape index (κ2) is 5.60. The number of hydrogen-bond donors (Lipinski definition) is 0. The number of benzene rings is 2. The largest absolute Gasteiger partial charge is 0.493 e. The van der Waals surface area contributed by atoms with Gasteiger partial charge in [-0.25, -0.2) is 0 Å². The van der Waals surface area contributed by atoms with Gasteiger partial charge in [0.2, 0.25) is 5.75 Å². The van der Waals surface area contributed by atoms with E-state index in [2.05, 4.69) is 0 Å². The fourth-order valence-electron chi connectivity index (χ4n) is 1.79. The van der Waals surface area contributed by atoms with Crippen LogP contribution in [0.15, 0.2) is 42.5 Å². The molecule has 2 aromatic carbocycles. The molecule has 0 aliphatic carbocycles. The van der Waals surface area contributed by atoms with Crippen molar-refractivity contribution in [3.8, 4) is 23.0 Å². The lowest BCUT2D eigenvalue weighted by atomic mass is 10.3. The van der Waals surface area contributed by atoms with E-state index in [-0.39, 0.29) is 0 Å². The summed E-state index contributed by atoms with van der Waals surface area (Å²) in [5.74, 6) is 2.85. The summed E-state index contributed by atoms with van der Waals surface area (Å²) in [4.78, 5) is 0. The van der Waals surface area contributed by atoms with Crippen LogP contribution in [0.4, 0.5) is 0 Å². The Morgan fingerprint density at radius 1 is 0.833 bits per heavy atom. The maximum Gasteiger partial charge on any atom is 0.203 e. The van der Waals surface area contributed by atoms with E-state index in [0.29, 0.717) is 11.5 Å². The minimum Gasteiger partial charge on any atom is -0.493 e. The van der Waals surface area contributed by atoms with Gasteiger partial charge in [0.15, 0.2) is 11.5 Å². The molecule has 0 spiro atoms.